The van der Waals surface area contributed by atoms with Gasteiger partial charge in [-0.15, -0.1) is 5.10 Å². The molecule has 0 fully saturated rings. The van der Waals surface area contributed by atoms with Crippen LogP contribution >= 0.6 is 0 Å². The number of hydrogen-bond acceptors (Lipinski definition) is 5. The van der Waals surface area contributed by atoms with Gasteiger partial charge in [-0.25, -0.2) is 0 Å². The zero-order valence-electron chi connectivity index (χ0n) is 7.94. The highest BCUT2D eigenvalue weighted by Gasteiger charge is 2.08. The lowest BCUT2D eigenvalue weighted by Gasteiger charge is -2.14. The van der Waals surface area contributed by atoms with Gasteiger partial charge in [0.15, 0.2) is 5.82 Å². The minimum Gasteiger partial charge on any atom is -0.394 e. The van der Waals surface area contributed by atoms with Crippen molar-refractivity contribution >= 4 is 5.82 Å². The summed E-state index contributed by atoms with van der Waals surface area (Å²) in [6.45, 7) is 1.95. The summed E-state index contributed by atoms with van der Waals surface area (Å²) in [6, 6.07) is 3.50. The van der Waals surface area contributed by atoms with Crippen molar-refractivity contribution in [2.24, 2.45) is 0 Å². The molecule has 0 aliphatic heterocycles. The molecular weight excluding hydrogens is 180 g/mol. The Morgan fingerprint density at radius 3 is 3.07 bits per heavy atom. The maximum Gasteiger partial charge on any atom is 0.166 e. The van der Waals surface area contributed by atoms with Crippen LogP contribution in [0.4, 0.5) is 5.82 Å². The van der Waals surface area contributed by atoms with Crippen molar-refractivity contribution < 1.29 is 5.11 Å². The molecule has 0 saturated heterocycles. The fourth-order valence-corrected chi connectivity index (χ4v) is 0.999. The summed E-state index contributed by atoms with van der Waals surface area (Å²) in [5, 5.41) is 28.1. The van der Waals surface area contributed by atoms with Crippen LogP contribution in [0.25, 0.3) is 0 Å². The molecule has 0 aromatic carbocycles. The summed E-state index contributed by atoms with van der Waals surface area (Å²) in [7, 11) is 0. The predicted octanol–water partition coefficient (Wildman–Crippen LogP) is 0.531. The number of nitrogens with zero attached hydrogens (tertiary/aromatic N) is 3. The van der Waals surface area contributed by atoms with Crippen molar-refractivity contribution in [1.29, 1.82) is 5.26 Å². The molecule has 14 heavy (non-hydrogen) atoms. The Hall–Kier alpha value is -1.67. The van der Waals surface area contributed by atoms with Crippen LogP contribution < -0.4 is 5.32 Å². The topological polar surface area (TPSA) is 81.8 Å². The Morgan fingerprint density at radius 2 is 2.50 bits per heavy atom. The van der Waals surface area contributed by atoms with Gasteiger partial charge in [-0.3, -0.25) is 0 Å². The van der Waals surface area contributed by atoms with E-state index in [4.69, 9.17) is 10.4 Å². The van der Waals surface area contributed by atoms with E-state index in [-0.39, 0.29) is 12.6 Å². The van der Waals surface area contributed by atoms with Gasteiger partial charge in [0.25, 0.3) is 0 Å². The number of hydrogen-bond donors (Lipinski definition) is 2. The van der Waals surface area contributed by atoms with E-state index in [1.807, 2.05) is 13.0 Å². The van der Waals surface area contributed by atoms with Gasteiger partial charge in [-0.05, 0) is 12.5 Å². The third-order valence-electron chi connectivity index (χ3n) is 1.90. The summed E-state index contributed by atoms with van der Waals surface area (Å²) in [4.78, 5) is 0. The lowest BCUT2D eigenvalue weighted by molar-refractivity contribution is 0.271. The van der Waals surface area contributed by atoms with Crippen LogP contribution in [0.1, 0.15) is 18.9 Å². The molecule has 0 bridgehead atoms. The highest BCUT2D eigenvalue weighted by Crippen LogP contribution is 2.10. The van der Waals surface area contributed by atoms with Gasteiger partial charge in [-0.2, -0.15) is 10.4 Å². The summed E-state index contributed by atoms with van der Waals surface area (Å²) in [5.74, 6) is 0.427. The summed E-state index contributed by atoms with van der Waals surface area (Å²) in [5.41, 5.74) is 0.437. The van der Waals surface area contributed by atoms with E-state index in [1.54, 1.807) is 6.07 Å². The minimum absolute atomic E-state index is 0.0118. The largest absolute Gasteiger partial charge is 0.394 e. The van der Waals surface area contributed by atoms with Gasteiger partial charge < -0.3 is 10.4 Å². The molecule has 0 saturated carbocycles. The first-order valence-electron chi connectivity index (χ1n) is 4.41. The van der Waals surface area contributed by atoms with E-state index in [1.165, 1.54) is 6.20 Å². The number of nitrogens with one attached hydrogen (secondary N) is 1. The summed E-state index contributed by atoms with van der Waals surface area (Å²) in [6.07, 6.45) is 2.22. The molecule has 5 nitrogen and oxygen atoms in total. The molecule has 1 aromatic rings. The van der Waals surface area contributed by atoms with Crippen LogP contribution in [-0.2, 0) is 0 Å². The second-order valence-electron chi connectivity index (χ2n) is 2.84. The molecular formula is C9H12N4O. The Morgan fingerprint density at radius 1 is 1.71 bits per heavy atom. The lowest BCUT2D eigenvalue weighted by Crippen LogP contribution is -2.23. The highest BCUT2D eigenvalue weighted by atomic mass is 16.3. The van der Waals surface area contributed by atoms with Crippen molar-refractivity contribution in [2.45, 2.75) is 19.4 Å². The van der Waals surface area contributed by atoms with Crippen LogP contribution in [-0.4, -0.2) is 28.0 Å². The minimum atomic E-state index is -0.0844. The SMILES string of the molecule is CCC(CO)Nc1nnccc1C#N. The molecule has 74 valence electrons. The van der Waals surface area contributed by atoms with E-state index in [0.29, 0.717) is 11.4 Å². The molecule has 0 radical (unpaired) electrons. The molecule has 2 N–H and O–H groups in total. The Balaban J connectivity index is 2.80. The number of rotatable bonds is 4. The van der Waals surface area contributed by atoms with Crippen LogP contribution in [0.2, 0.25) is 0 Å². The summed E-state index contributed by atoms with van der Waals surface area (Å²) >= 11 is 0. The summed E-state index contributed by atoms with van der Waals surface area (Å²) < 4.78 is 0. The van der Waals surface area contributed by atoms with Crippen molar-refractivity contribution in [3.8, 4) is 6.07 Å². The van der Waals surface area contributed by atoms with Crippen molar-refractivity contribution in [1.82, 2.24) is 10.2 Å². The molecule has 0 spiro atoms. The number of aliphatic hydroxyl groups excluding tert-OH is 1. The Labute approximate surface area is 82.4 Å². The highest BCUT2D eigenvalue weighted by molar-refractivity contribution is 5.50. The van der Waals surface area contributed by atoms with E-state index in [9.17, 15) is 0 Å². The van der Waals surface area contributed by atoms with Crippen molar-refractivity contribution in [2.75, 3.05) is 11.9 Å². The average molecular weight is 192 g/mol. The molecule has 1 aromatic heterocycles. The smallest absolute Gasteiger partial charge is 0.166 e. The van der Waals surface area contributed by atoms with Gasteiger partial charge >= 0.3 is 0 Å². The monoisotopic (exact) mass is 192 g/mol. The first-order chi connectivity index (χ1) is 6.81. The predicted molar refractivity (Wildman–Crippen MR) is 51.5 cm³/mol. The first-order valence-corrected chi connectivity index (χ1v) is 4.41. The van der Waals surface area contributed by atoms with Gasteiger partial charge in [0.2, 0.25) is 0 Å². The van der Waals surface area contributed by atoms with E-state index < -0.39 is 0 Å². The number of aliphatic hydroxyl groups is 1. The zero-order chi connectivity index (χ0) is 10.4. The maximum absolute atomic E-state index is 8.96. The fraction of sp³-hybridized carbons (Fsp3) is 0.444. The van der Waals surface area contributed by atoms with Gasteiger partial charge in [0.1, 0.15) is 6.07 Å². The number of aromatic nitrogens is 2. The third-order valence-corrected chi connectivity index (χ3v) is 1.90. The average Bonchev–Trinajstić information content (AvgIpc) is 2.26. The van der Waals surface area contributed by atoms with Crippen LogP contribution in [0.5, 0.6) is 0 Å². The number of anilines is 1. The third kappa shape index (κ3) is 2.41. The van der Waals surface area contributed by atoms with Gasteiger partial charge in [-0.1, -0.05) is 6.92 Å². The molecule has 1 heterocycles. The Kier molecular flexibility index (Phi) is 3.83. The molecule has 0 aliphatic carbocycles. The fourth-order valence-electron chi connectivity index (χ4n) is 0.999. The standard InChI is InChI=1S/C9H12N4O/c1-2-8(6-14)12-9-7(5-10)3-4-11-13-9/h3-4,8,14H,2,6H2,1H3,(H,12,13). The first kappa shape index (κ1) is 10.4. The lowest BCUT2D eigenvalue weighted by atomic mass is 10.2. The van der Waals surface area contributed by atoms with E-state index in [0.717, 1.165) is 6.42 Å². The van der Waals surface area contributed by atoms with Crippen molar-refractivity contribution in [3.63, 3.8) is 0 Å². The molecule has 0 aliphatic rings. The molecule has 1 unspecified atom stereocenters. The van der Waals surface area contributed by atoms with Crippen LogP contribution in [0.3, 0.4) is 0 Å². The van der Waals surface area contributed by atoms with Crippen LogP contribution in [0.15, 0.2) is 12.3 Å². The Bertz CT molecular complexity index is 330. The van der Waals surface area contributed by atoms with Gasteiger partial charge in [0, 0.05) is 0 Å². The van der Waals surface area contributed by atoms with Crippen molar-refractivity contribution in [3.05, 3.63) is 17.8 Å². The maximum atomic E-state index is 8.96. The molecule has 1 atom stereocenters. The van der Waals surface area contributed by atoms with E-state index in [2.05, 4.69) is 15.5 Å². The second kappa shape index (κ2) is 5.14. The quantitative estimate of drug-likeness (QED) is 0.727. The van der Waals surface area contributed by atoms with Crippen LogP contribution in [0, 0.1) is 11.3 Å². The van der Waals surface area contributed by atoms with E-state index >= 15 is 0 Å². The number of nitriles is 1. The van der Waals surface area contributed by atoms with Gasteiger partial charge in [0.05, 0.1) is 24.4 Å². The molecule has 5 heteroatoms. The zero-order valence-corrected chi connectivity index (χ0v) is 7.94. The normalized spacial score (nSPS) is 11.8. The molecule has 1 rings (SSSR count). The second-order valence-corrected chi connectivity index (χ2v) is 2.84. The molecule has 0 amide bonds.